The van der Waals surface area contributed by atoms with Crippen LogP contribution in [0.1, 0.15) is 59.9 Å². The molecule has 0 aliphatic heterocycles. The van der Waals surface area contributed by atoms with Crippen LogP contribution in [0, 0.1) is 6.92 Å². The number of aryl methyl sites for hydroxylation is 2. The highest BCUT2D eigenvalue weighted by atomic mass is 16.5. The number of fused-ring (bicyclic) bond motifs is 6. The Labute approximate surface area is 204 Å². The first-order valence-corrected chi connectivity index (χ1v) is 11.9. The van der Waals surface area contributed by atoms with Gasteiger partial charge in [-0.25, -0.2) is 4.68 Å². The molecule has 2 heterocycles. The van der Waals surface area contributed by atoms with E-state index in [0.29, 0.717) is 53.7 Å². The fourth-order valence-electron chi connectivity index (χ4n) is 5.94. The third-order valence-corrected chi connectivity index (χ3v) is 7.77. The van der Waals surface area contributed by atoms with E-state index in [9.17, 15) is 24.9 Å². The Kier molecular flexibility index (Phi) is 4.69. The zero-order chi connectivity index (χ0) is 25.6. The summed E-state index contributed by atoms with van der Waals surface area (Å²) in [6.07, 6.45) is 1.02. The van der Waals surface area contributed by atoms with Gasteiger partial charge in [-0.3, -0.25) is 9.59 Å². The summed E-state index contributed by atoms with van der Waals surface area (Å²) < 4.78 is 12.9. The second-order valence-electron chi connectivity index (χ2n) is 9.83. The van der Waals surface area contributed by atoms with Crippen LogP contribution in [-0.4, -0.2) is 27.1 Å². The second-order valence-corrected chi connectivity index (χ2v) is 9.83. The molecule has 9 heteroatoms. The van der Waals surface area contributed by atoms with Crippen LogP contribution in [0.15, 0.2) is 26.1 Å². The van der Waals surface area contributed by atoms with Gasteiger partial charge in [0.25, 0.3) is 5.56 Å². The number of nitrogen functional groups attached to an aromatic ring is 1. The lowest BCUT2D eigenvalue weighted by Gasteiger charge is -2.28. The summed E-state index contributed by atoms with van der Waals surface area (Å²) in [6.45, 7) is 3.63. The second kappa shape index (κ2) is 7.51. The Morgan fingerprint density at radius 1 is 1.08 bits per heavy atom. The van der Waals surface area contributed by atoms with Crippen LogP contribution >= 0.6 is 0 Å². The molecule has 5 N–H and O–H groups in total. The number of phenolic OH excluding ortho intramolecular Hbond substituents is 2. The SMILES string of the molecule is COc1c2c(c(O)c3c(=O)c4c(oc13)[C@H](C)CC[C@@H]4O)-c1c(cc3cc(C)n(N)c(=O)c3c1O)CC2. The van der Waals surface area contributed by atoms with Crippen LogP contribution in [0.25, 0.3) is 32.9 Å². The van der Waals surface area contributed by atoms with Crippen molar-refractivity contribution in [3.63, 3.8) is 0 Å². The van der Waals surface area contributed by atoms with E-state index in [-0.39, 0.29) is 56.2 Å². The Hall–Kier alpha value is -3.98. The maximum absolute atomic E-state index is 13.7. The molecule has 0 amide bonds. The van der Waals surface area contributed by atoms with Gasteiger partial charge >= 0.3 is 0 Å². The fourth-order valence-corrected chi connectivity index (χ4v) is 5.94. The number of pyridine rings is 1. The Balaban J connectivity index is 1.79. The van der Waals surface area contributed by atoms with Gasteiger partial charge in [0.15, 0.2) is 11.3 Å². The van der Waals surface area contributed by atoms with Crippen molar-refractivity contribution in [2.75, 3.05) is 13.0 Å². The minimum absolute atomic E-state index is 0.0230. The summed E-state index contributed by atoms with van der Waals surface area (Å²) in [5.74, 6) is 5.80. The van der Waals surface area contributed by atoms with Gasteiger partial charge < -0.3 is 30.3 Å². The maximum atomic E-state index is 13.7. The first kappa shape index (κ1) is 22.5. The van der Waals surface area contributed by atoms with Gasteiger partial charge in [-0.2, -0.15) is 0 Å². The van der Waals surface area contributed by atoms with Crippen LogP contribution in [0.4, 0.5) is 0 Å². The lowest BCUT2D eigenvalue weighted by Crippen LogP contribution is -2.29. The number of nitrogens with two attached hydrogens (primary N) is 1. The van der Waals surface area contributed by atoms with Crippen LogP contribution in [-0.2, 0) is 12.8 Å². The smallest absolute Gasteiger partial charge is 0.280 e. The molecule has 2 aromatic carbocycles. The molecule has 0 saturated heterocycles. The summed E-state index contributed by atoms with van der Waals surface area (Å²) in [6, 6.07) is 3.52. The number of hydrogen-bond donors (Lipinski definition) is 4. The zero-order valence-corrected chi connectivity index (χ0v) is 20.1. The highest BCUT2D eigenvalue weighted by molar-refractivity contribution is 6.04. The first-order valence-electron chi connectivity index (χ1n) is 11.9. The average Bonchev–Trinajstić information content (AvgIpc) is 2.84. The maximum Gasteiger partial charge on any atom is 0.280 e. The standard InChI is InChI=1S/C27H26N2O7/c1-10-4-7-15(30)19-23(33)20-22(32)18-14(25(35-3)26(20)36-24(10)19)6-5-12-9-13-8-11(2)29(28)27(34)17(13)21(31)16(12)18/h8-10,15,30-32H,4-7,28H2,1-3H3/t10-,15+/m1/s1. The van der Waals surface area contributed by atoms with Gasteiger partial charge in [0.1, 0.15) is 22.6 Å². The molecule has 2 aliphatic rings. The molecular weight excluding hydrogens is 464 g/mol. The van der Waals surface area contributed by atoms with E-state index in [2.05, 4.69) is 0 Å². The van der Waals surface area contributed by atoms with E-state index in [4.69, 9.17) is 15.0 Å². The average molecular weight is 491 g/mol. The topological polar surface area (TPSA) is 148 Å². The molecule has 2 aromatic heterocycles. The summed E-state index contributed by atoms with van der Waals surface area (Å²) in [5, 5.41) is 34.0. The number of nitrogens with zero attached hydrogens (tertiary/aromatic N) is 1. The molecule has 36 heavy (non-hydrogen) atoms. The van der Waals surface area contributed by atoms with Crippen molar-refractivity contribution in [3.05, 3.63) is 60.9 Å². The summed E-state index contributed by atoms with van der Waals surface area (Å²) in [7, 11) is 1.45. The third-order valence-electron chi connectivity index (χ3n) is 7.77. The number of rotatable bonds is 1. The lowest BCUT2D eigenvalue weighted by molar-refractivity contribution is 0.142. The summed E-state index contributed by atoms with van der Waals surface area (Å²) in [4.78, 5) is 26.6. The van der Waals surface area contributed by atoms with Crippen molar-refractivity contribution in [2.45, 2.75) is 51.6 Å². The van der Waals surface area contributed by atoms with E-state index in [0.717, 1.165) is 4.68 Å². The van der Waals surface area contributed by atoms with Crippen molar-refractivity contribution in [2.24, 2.45) is 0 Å². The summed E-state index contributed by atoms with van der Waals surface area (Å²) >= 11 is 0. The van der Waals surface area contributed by atoms with Gasteiger partial charge in [-0.1, -0.05) is 6.92 Å². The van der Waals surface area contributed by atoms with Crippen LogP contribution < -0.4 is 21.6 Å². The van der Waals surface area contributed by atoms with E-state index in [1.165, 1.54) is 7.11 Å². The van der Waals surface area contributed by atoms with Gasteiger partial charge in [0.2, 0.25) is 5.43 Å². The largest absolute Gasteiger partial charge is 0.506 e. The van der Waals surface area contributed by atoms with E-state index >= 15 is 0 Å². The zero-order valence-electron chi connectivity index (χ0n) is 20.1. The highest BCUT2D eigenvalue weighted by Gasteiger charge is 2.36. The Morgan fingerprint density at radius 3 is 2.53 bits per heavy atom. The van der Waals surface area contributed by atoms with E-state index < -0.39 is 17.1 Å². The number of aliphatic hydroxyl groups excluding tert-OH is 1. The Bertz CT molecular complexity index is 1750. The van der Waals surface area contributed by atoms with Crippen molar-refractivity contribution in [1.82, 2.24) is 4.68 Å². The molecule has 4 aromatic rings. The van der Waals surface area contributed by atoms with Crippen molar-refractivity contribution < 1.29 is 24.5 Å². The molecular formula is C27H26N2O7. The number of aromatic hydroxyl groups is 2. The predicted octanol–water partition coefficient (Wildman–Crippen LogP) is 3.25. The van der Waals surface area contributed by atoms with Crippen molar-refractivity contribution in [1.29, 1.82) is 0 Å². The molecule has 2 atom stereocenters. The van der Waals surface area contributed by atoms with Crippen molar-refractivity contribution in [3.8, 4) is 28.4 Å². The number of hydrogen-bond acceptors (Lipinski definition) is 8. The highest BCUT2D eigenvalue weighted by Crippen LogP contribution is 2.53. The monoisotopic (exact) mass is 490 g/mol. The number of ether oxygens (including phenoxy) is 1. The van der Waals surface area contributed by atoms with Gasteiger partial charge in [-0.05, 0) is 55.7 Å². The number of benzene rings is 2. The third kappa shape index (κ3) is 2.74. The normalized spacial score (nSPS) is 18.7. The minimum atomic E-state index is -1.01. The van der Waals surface area contributed by atoms with E-state index in [1.807, 2.05) is 6.92 Å². The minimum Gasteiger partial charge on any atom is -0.506 e. The fraction of sp³-hybridized carbons (Fsp3) is 0.333. The lowest BCUT2D eigenvalue weighted by atomic mass is 9.80. The molecule has 0 saturated carbocycles. The number of phenols is 2. The molecule has 0 spiro atoms. The Morgan fingerprint density at radius 2 is 1.81 bits per heavy atom. The summed E-state index contributed by atoms with van der Waals surface area (Å²) in [5.41, 5.74) is 1.44. The number of aromatic nitrogens is 1. The predicted molar refractivity (Wildman–Crippen MR) is 134 cm³/mol. The van der Waals surface area contributed by atoms with Crippen molar-refractivity contribution >= 4 is 21.7 Å². The van der Waals surface area contributed by atoms with Gasteiger partial charge in [0, 0.05) is 28.3 Å². The molecule has 186 valence electrons. The molecule has 0 unspecified atom stereocenters. The number of aliphatic hydroxyl groups is 1. The van der Waals surface area contributed by atoms with E-state index in [1.54, 1.807) is 19.1 Å². The first-order chi connectivity index (χ1) is 17.1. The van der Waals surface area contributed by atoms with Crippen LogP contribution in [0.2, 0.25) is 0 Å². The molecule has 6 rings (SSSR count). The molecule has 0 fully saturated rings. The molecule has 9 nitrogen and oxygen atoms in total. The molecule has 0 radical (unpaired) electrons. The van der Waals surface area contributed by atoms with Crippen LogP contribution in [0.3, 0.4) is 0 Å². The number of methoxy groups -OCH3 is 1. The van der Waals surface area contributed by atoms with Gasteiger partial charge in [-0.15, -0.1) is 0 Å². The molecule has 2 aliphatic carbocycles. The van der Waals surface area contributed by atoms with Crippen LogP contribution in [0.5, 0.6) is 17.2 Å². The quantitative estimate of drug-likeness (QED) is 0.297. The molecule has 0 bridgehead atoms. The van der Waals surface area contributed by atoms with Gasteiger partial charge in [0.05, 0.1) is 24.2 Å².